The number of carboxylic acid groups (broad SMARTS) is 3. The molecule has 4 aromatic carbocycles. The standard InChI is InChI=1S/C42H50N4O6/c47-40(48)29-44-26-36(21-32-13-5-1-6-14-32)43-25-37(22-33-15-7-2-8-16-33)45(30-41(49)50)27-39(24-35-19-11-4-12-20-35)46(31-42(51)52)28-38(44)23-34-17-9-3-10-18-34/h1-20,36-39,43H,21-31H2,(H,47,48)(H,49,50)(H,51,52)/t36-,37-,38-,39-/m0/s1. The van der Waals surface area contributed by atoms with Gasteiger partial charge >= 0.3 is 17.9 Å². The Morgan fingerprint density at radius 3 is 1.13 bits per heavy atom. The van der Waals surface area contributed by atoms with E-state index in [9.17, 15) is 29.7 Å². The van der Waals surface area contributed by atoms with Crippen LogP contribution in [-0.4, -0.2) is 118 Å². The molecule has 52 heavy (non-hydrogen) atoms. The first-order valence-electron chi connectivity index (χ1n) is 18.0. The average molecular weight is 707 g/mol. The minimum absolute atomic E-state index is 0.183. The molecular formula is C42H50N4O6. The smallest absolute Gasteiger partial charge is 0.317 e. The first kappa shape index (κ1) is 38.4. The van der Waals surface area contributed by atoms with Crippen molar-refractivity contribution < 1.29 is 29.7 Å². The van der Waals surface area contributed by atoms with E-state index in [0.29, 0.717) is 45.3 Å². The molecule has 0 bridgehead atoms. The number of carboxylic acids is 3. The molecule has 0 aromatic heterocycles. The normalized spacial score (nSPS) is 21.1. The summed E-state index contributed by atoms with van der Waals surface area (Å²) in [6, 6.07) is 38.6. The largest absolute Gasteiger partial charge is 0.480 e. The lowest BCUT2D eigenvalue weighted by molar-refractivity contribution is -0.142. The van der Waals surface area contributed by atoms with E-state index in [2.05, 4.69) is 17.4 Å². The van der Waals surface area contributed by atoms with E-state index >= 15 is 0 Å². The van der Waals surface area contributed by atoms with Gasteiger partial charge in [0.2, 0.25) is 0 Å². The fourth-order valence-corrected chi connectivity index (χ4v) is 7.38. The van der Waals surface area contributed by atoms with Gasteiger partial charge in [-0.2, -0.15) is 0 Å². The second-order valence-electron chi connectivity index (χ2n) is 13.8. The van der Waals surface area contributed by atoms with Gasteiger partial charge < -0.3 is 20.6 Å². The Labute approximate surface area is 306 Å². The molecule has 1 aliphatic rings. The van der Waals surface area contributed by atoms with Gasteiger partial charge in [0, 0.05) is 50.3 Å². The lowest BCUT2D eigenvalue weighted by atomic mass is 9.96. The number of nitrogens with one attached hydrogen (secondary N) is 1. The van der Waals surface area contributed by atoms with Crippen molar-refractivity contribution in [2.24, 2.45) is 0 Å². The predicted octanol–water partition coefficient (Wildman–Crippen LogP) is 4.19. The summed E-state index contributed by atoms with van der Waals surface area (Å²) < 4.78 is 0. The van der Waals surface area contributed by atoms with Crippen LogP contribution in [0.2, 0.25) is 0 Å². The third kappa shape index (κ3) is 12.4. The van der Waals surface area contributed by atoms with Crippen LogP contribution < -0.4 is 5.32 Å². The summed E-state index contributed by atoms with van der Waals surface area (Å²) in [7, 11) is 0. The van der Waals surface area contributed by atoms with Gasteiger partial charge in [0.1, 0.15) is 0 Å². The summed E-state index contributed by atoms with van der Waals surface area (Å²) in [5, 5.41) is 34.6. The van der Waals surface area contributed by atoms with Crippen molar-refractivity contribution in [3.63, 3.8) is 0 Å². The first-order chi connectivity index (χ1) is 25.2. The number of benzene rings is 4. The fraction of sp³-hybridized carbons (Fsp3) is 0.357. The van der Waals surface area contributed by atoms with Crippen molar-refractivity contribution >= 4 is 17.9 Å². The molecule has 0 radical (unpaired) electrons. The minimum atomic E-state index is -0.998. The maximum Gasteiger partial charge on any atom is 0.317 e. The van der Waals surface area contributed by atoms with E-state index in [1.54, 1.807) is 0 Å². The molecule has 4 N–H and O–H groups in total. The molecule has 4 aromatic rings. The molecule has 274 valence electrons. The molecule has 1 fully saturated rings. The zero-order chi connectivity index (χ0) is 36.7. The Morgan fingerprint density at radius 2 is 0.769 bits per heavy atom. The van der Waals surface area contributed by atoms with Gasteiger partial charge in [-0.3, -0.25) is 29.1 Å². The monoisotopic (exact) mass is 706 g/mol. The van der Waals surface area contributed by atoms with Crippen LogP contribution in [0, 0.1) is 0 Å². The van der Waals surface area contributed by atoms with Crippen LogP contribution in [0.1, 0.15) is 22.3 Å². The zero-order valence-electron chi connectivity index (χ0n) is 29.5. The number of aliphatic carboxylic acids is 3. The van der Waals surface area contributed by atoms with Gasteiger partial charge in [-0.15, -0.1) is 0 Å². The molecule has 10 nitrogen and oxygen atoms in total. The van der Waals surface area contributed by atoms with Gasteiger partial charge in [-0.1, -0.05) is 121 Å². The number of carbonyl (C=O) groups is 3. The molecule has 1 saturated heterocycles. The Balaban J connectivity index is 1.62. The number of hydrogen-bond donors (Lipinski definition) is 4. The molecule has 0 saturated carbocycles. The van der Waals surface area contributed by atoms with Gasteiger partial charge in [0.15, 0.2) is 0 Å². The Hall–Kier alpha value is -4.87. The molecule has 10 heteroatoms. The molecule has 1 heterocycles. The van der Waals surface area contributed by atoms with E-state index < -0.39 is 17.9 Å². The summed E-state index contributed by atoms with van der Waals surface area (Å²) in [4.78, 5) is 43.6. The highest BCUT2D eigenvalue weighted by Gasteiger charge is 2.34. The number of rotatable bonds is 14. The van der Waals surface area contributed by atoms with Gasteiger partial charge in [-0.25, -0.2) is 0 Å². The summed E-state index contributed by atoms with van der Waals surface area (Å²) in [6.45, 7) is 0.698. The Morgan fingerprint density at radius 1 is 0.462 bits per heavy atom. The summed E-state index contributed by atoms with van der Waals surface area (Å²) in [5.74, 6) is -2.91. The average Bonchev–Trinajstić information content (AvgIpc) is 3.12. The molecule has 0 aliphatic carbocycles. The van der Waals surface area contributed by atoms with Crippen molar-refractivity contribution in [1.82, 2.24) is 20.0 Å². The van der Waals surface area contributed by atoms with Crippen LogP contribution in [-0.2, 0) is 40.1 Å². The van der Waals surface area contributed by atoms with Gasteiger partial charge in [-0.05, 0) is 47.9 Å². The highest BCUT2D eigenvalue weighted by molar-refractivity contribution is 5.70. The van der Waals surface area contributed by atoms with E-state index in [4.69, 9.17) is 0 Å². The van der Waals surface area contributed by atoms with Crippen LogP contribution in [0.25, 0.3) is 0 Å². The Bertz CT molecular complexity index is 1660. The molecule has 0 amide bonds. The highest BCUT2D eigenvalue weighted by Crippen LogP contribution is 2.21. The molecule has 4 atom stereocenters. The fourth-order valence-electron chi connectivity index (χ4n) is 7.38. The van der Waals surface area contributed by atoms with Crippen LogP contribution in [0.5, 0.6) is 0 Å². The lowest BCUT2D eigenvalue weighted by Crippen LogP contribution is -2.60. The minimum Gasteiger partial charge on any atom is -0.480 e. The summed E-state index contributed by atoms with van der Waals surface area (Å²) >= 11 is 0. The molecule has 5 rings (SSSR count). The summed E-state index contributed by atoms with van der Waals surface area (Å²) in [6.07, 6.45) is 2.20. The number of hydrogen-bond acceptors (Lipinski definition) is 7. The van der Waals surface area contributed by atoms with Crippen LogP contribution >= 0.6 is 0 Å². The first-order valence-corrected chi connectivity index (χ1v) is 18.0. The van der Waals surface area contributed by atoms with Gasteiger partial charge in [0.05, 0.1) is 19.6 Å². The van der Waals surface area contributed by atoms with Crippen molar-refractivity contribution in [2.75, 3.05) is 45.8 Å². The van der Waals surface area contributed by atoms with Crippen LogP contribution in [0.3, 0.4) is 0 Å². The second-order valence-corrected chi connectivity index (χ2v) is 13.8. The third-order valence-electron chi connectivity index (χ3n) is 9.82. The summed E-state index contributed by atoms with van der Waals surface area (Å²) in [5.41, 5.74) is 4.19. The Kier molecular flexibility index (Phi) is 14.5. The third-order valence-corrected chi connectivity index (χ3v) is 9.82. The quantitative estimate of drug-likeness (QED) is 0.151. The lowest BCUT2D eigenvalue weighted by Gasteiger charge is -2.43. The molecule has 0 unspecified atom stereocenters. The van der Waals surface area contributed by atoms with Crippen molar-refractivity contribution in [1.29, 1.82) is 0 Å². The van der Waals surface area contributed by atoms with E-state index in [1.165, 1.54) is 0 Å². The molecule has 1 aliphatic heterocycles. The zero-order valence-corrected chi connectivity index (χ0v) is 29.5. The number of nitrogens with zero attached hydrogens (tertiary/aromatic N) is 3. The van der Waals surface area contributed by atoms with E-state index in [-0.39, 0.29) is 50.3 Å². The second kappa shape index (κ2) is 19.7. The SMILES string of the molecule is O=C(O)CN1C[C@H](Cc2ccccc2)NC[C@H](Cc2ccccc2)N(CC(=O)O)C[C@H](Cc2ccccc2)N(CC(=O)O)C[C@@H]1Cc1ccccc1. The topological polar surface area (TPSA) is 134 Å². The van der Waals surface area contributed by atoms with Crippen molar-refractivity contribution in [3.8, 4) is 0 Å². The molecule has 0 spiro atoms. The van der Waals surface area contributed by atoms with Gasteiger partial charge in [0.25, 0.3) is 0 Å². The molecular weight excluding hydrogens is 656 g/mol. The van der Waals surface area contributed by atoms with E-state index in [1.807, 2.05) is 124 Å². The maximum atomic E-state index is 12.6. The van der Waals surface area contributed by atoms with Crippen molar-refractivity contribution in [2.45, 2.75) is 49.9 Å². The van der Waals surface area contributed by atoms with Crippen LogP contribution in [0.15, 0.2) is 121 Å². The maximum absolute atomic E-state index is 12.6. The van der Waals surface area contributed by atoms with E-state index in [0.717, 1.165) is 22.3 Å². The van der Waals surface area contributed by atoms with Crippen LogP contribution in [0.4, 0.5) is 0 Å². The van der Waals surface area contributed by atoms with Crippen molar-refractivity contribution in [3.05, 3.63) is 144 Å². The predicted molar refractivity (Wildman–Crippen MR) is 201 cm³/mol. The highest BCUT2D eigenvalue weighted by atomic mass is 16.4.